The predicted octanol–water partition coefficient (Wildman–Crippen LogP) is -1.70. The number of hydrogen-bond donors (Lipinski definition) is 7. The second-order valence-electron chi connectivity index (χ2n) is 8.34. The Morgan fingerprint density at radius 2 is 1.30 bits per heavy atom. The van der Waals surface area contributed by atoms with E-state index in [4.69, 9.17) is 16.6 Å². The third kappa shape index (κ3) is 11.3. The molecule has 0 saturated carbocycles. The Hall–Kier alpha value is -3.22. The first-order chi connectivity index (χ1) is 15.2. The lowest BCUT2D eigenvalue weighted by Crippen LogP contribution is -2.58. The normalized spacial score (nSPS) is 15.5. The molecule has 5 unspecified atom stereocenters. The van der Waals surface area contributed by atoms with Crippen LogP contribution in [0.15, 0.2) is 0 Å². The molecule has 0 aromatic heterocycles. The monoisotopic (exact) mass is 473 g/mol. The van der Waals surface area contributed by atoms with Crippen LogP contribution in [0.5, 0.6) is 0 Å². The number of hydrogen-bond acceptors (Lipinski definition) is 7. The fraction of sp³-hybridized carbons (Fsp3) is 0.700. The van der Waals surface area contributed by atoms with Crippen LogP contribution in [0.25, 0.3) is 0 Å². The third-order valence-electron chi connectivity index (χ3n) is 4.89. The van der Waals surface area contributed by atoms with Crippen LogP contribution in [0.4, 0.5) is 0 Å². The summed E-state index contributed by atoms with van der Waals surface area (Å²) in [6.07, 6.45) is -0.782. The molecule has 0 aromatic rings. The van der Waals surface area contributed by atoms with E-state index in [0.717, 1.165) is 0 Å². The number of carbonyl (C=O) groups excluding carboxylic acids is 4. The van der Waals surface area contributed by atoms with Gasteiger partial charge in [-0.15, -0.1) is 0 Å². The van der Waals surface area contributed by atoms with Gasteiger partial charge in [-0.25, -0.2) is 4.79 Å². The molecule has 0 aliphatic carbocycles. The maximum absolute atomic E-state index is 12.7. The smallest absolute Gasteiger partial charge is 0.326 e. The first kappa shape index (κ1) is 29.8. The first-order valence-corrected chi connectivity index (χ1v) is 10.6. The highest BCUT2D eigenvalue weighted by atomic mass is 16.4. The molecule has 33 heavy (non-hydrogen) atoms. The van der Waals surface area contributed by atoms with Crippen molar-refractivity contribution in [3.8, 4) is 0 Å². The molecule has 0 heterocycles. The molecule has 0 saturated heterocycles. The maximum atomic E-state index is 12.7. The SMILES string of the molecule is CCC(C)C(NC(=O)C(CC(=O)O)NC(=O)C(CC(N)=O)NC(=O)C(N)CC(C)C)C(=O)O. The fourth-order valence-corrected chi connectivity index (χ4v) is 2.90. The molecule has 0 fully saturated rings. The highest BCUT2D eigenvalue weighted by Gasteiger charge is 2.33. The summed E-state index contributed by atoms with van der Waals surface area (Å²) in [7, 11) is 0. The Morgan fingerprint density at radius 3 is 1.73 bits per heavy atom. The van der Waals surface area contributed by atoms with Crippen LogP contribution in [-0.4, -0.2) is 69.9 Å². The summed E-state index contributed by atoms with van der Waals surface area (Å²) in [5, 5.41) is 25.1. The zero-order chi connectivity index (χ0) is 25.9. The van der Waals surface area contributed by atoms with E-state index < -0.39 is 78.5 Å². The van der Waals surface area contributed by atoms with Crippen molar-refractivity contribution >= 4 is 35.6 Å². The van der Waals surface area contributed by atoms with E-state index >= 15 is 0 Å². The van der Waals surface area contributed by atoms with Crippen LogP contribution in [0.1, 0.15) is 53.4 Å². The predicted molar refractivity (Wildman–Crippen MR) is 116 cm³/mol. The fourth-order valence-electron chi connectivity index (χ4n) is 2.90. The van der Waals surface area contributed by atoms with E-state index in [1.54, 1.807) is 13.8 Å². The summed E-state index contributed by atoms with van der Waals surface area (Å²) in [6.45, 7) is 6.96. The minimum absolute atomic E-state index is 0.0745. The van der Waals surface area contributed by atoms with Crippen LogP contribution in [-0.2, 0) is 28.8 Å². The van der Waals surface area contributed by atoms with Crippen LogP contribution in [0.3, 0.4) is 0 Å². The third-order valence-corrected chi connectivity index (χ3v) is 4.89. The number of aliphatic carboxylic acids is 2. The van der Waals surface area contributed by atoms with Gasteiger partial charge >= 0.3 is 11.9 Å². The van der Waals surface area contributed by atoms with E-state index in [1.807, 2.05) is 13.8 Å². The average molecular weight is 474 g/mol. The molecule has 0 rings (SSSR count). The standard InChI is InChI=1S/C20H35N5O8/c1-5-10(4)16(20(32)33)25-19(31)13(8-15(27)28)24-18(30)12(7-14(22)26)23-17(29)11(21)6-9(2)3/h9-13,16H,5-8,21H2,1-4H3,(H2,22,26)(H,23,29)(H,24,30)(H,25,31)(H,27,28)(H,32,33). The molecular formula is C20H35N5O8. The van der Waals surface area contributed by atoms with Gasteiger partial charge in [-0.05, 0) is 18.3 Å². The summed E-state index contributed by atoms with van der Waals surface area (Å²) < 4.78 is 0. The van der Waals surface area contributed by atoms with Gasteiger partial charge in [0.1, 0.15) is 18.1 Å². The van der Waals surface area contributed by atoms with Gasteiger partial charge in [0.05, 0.1) is 18.9 Å². The second-order valence-corrected chi connectivity index (χ2v) is 8.34. The highest BCUT2D eigenvalue weighted by molar-refractivity contribution is 5.97. The largest absolute Gasteiger partial charge is 0.481 e. The highest BCUT2D eigenvalue weighted by Crippen LogP contribution is 2.09. The molecule has 5 atom stereocenters. The van der Waals surface area contributed by atoms with Crippen molar-refractivity contribution in [1.29, 1.82) is 0 Å². The van der Waals surface area contributed by atoms with E-state index in [-0.39, 0.29) is 5.92 Å². The number of amides is 4. The number of nitrogens with two attached hydrogens (primary N) is 2. The van der Waals surface area contributed by atoms with Crippen molar-refractivity contribution in [2.75, 3.05) is 0 Å². The lowest BCUT2D eigenvalue weighted by Gasteiger charge is -2.25. The molecule has 0 bridgehead atoms. The molecule has 13 heteroatoms. The Balaban J connectivity index is 5.59. The Labute approximate surface area is 192 Å². The van der Waals surface area contributed by atoms with Crippen molar-refractivity contribution < 1.29 is 39.0 Å². The lowest BCUT2D eigenvalue weighted by atomic mass is 9.98. The molecule has 4 amide bonds. The molecular weight excluding hydrogens is 438 g/mol. The number of carbonyl (C=O) groups is 6. The van der Waals surface area contributed by atoms with Crippen LogP contribution >= 0.6 is 0 Å². The van der Waals surface area contributed by atoms with E-state index in [2.05, 4.69) is 16.0 Å². The van der Waals surface area contributed by atoms with Crippen molar-refractivity contribution in [1.82, 2.24) is 16.0 Å². The minimum atomic E-state index is -1.67. The Morgan fingerprint density at radius 1 is 0.818 bits per heavy atom. The first-order valence-electron chi connectivity index (χ1n) is 10.6. The molecule has 9 N–H and O–H groups in total. The van der Waals surface area contributed by atoms with Gasteiger partial charge < -0.3 is 37.6 Å². The zero-order valence-corrected chi connectivity index (χ0v) is 19.3. The summed E-state index contributed by atoms with van der Waals surface area (Å²) in [5.41, 5.74) is 10.9. The van der Waals surface area contributed by atoms with Crippen LogP contribution in [0, 0.1) is 11.8 Å². The Kier molecular flexibility index (Phi) is 12.7. The summed E-state index contributed by atoms with van der Waals surface area (Å²) >= 11 is 0. The van der Waals surface area contributed by atoms with Crippen molar-refractivity contribution in [2.45, 2.75) is 77.5 Å². The van der Waals surface area contributed by atoms with Gasteiger partial charge in [0.15, 0.2) is 0 Å². The van der Waals surface area contributed by atoms with Gasteiger partial charge in [0.2, 0.25) is 23.6 Å². The lowest BCUT2D eigenvalue weighted by molar-refractivity contribution is -0.145. The molecule has 0 aliphatic heterocycles. The zero-order valence-electron chi connectivity index (χ0n) is 19.3. The quantitative estimate of drug-likeness (QED) is 0.143. The van der Waals surface area contributed by atoms with Gasteiger partial charge in [0.25, 0.3) is 0 Å². The molecule has 188 valence electrons. The van der Waals surface area contributed by atoms with E-state index in [0.29, 0.717) is 12.8 Å². The Bertz CT molecular complexity index is 742. The maximum Gasteiger partial charge on any atom is 0.326 e. The van der Waals surface area contributed by atoms with Crippen LogP contribution < -0.4 is 27.4 Å². The van der Waals surface area contributed by atoms with Crippen molar-refractivity contribution in [2.24, 2.45) is 23.3 Å². The average Bonchev–Trinajstić information content (AvgIpc) is 2.68. The number of carboxylic acid groups (broad SMARTS) is 2. The van der Waals surface area contributed by atoms with Gasteiger partial charge in [-0.1, -0.05) is 34.1 Å². The second kappa shape index (κ2) is 14.0. The van der Waals surface area contributed by atoms with E-state index in [9.17, 15) is 33.9 Å². The van der Waals surface area contributed by atoms with Gasteiger partial charge in [0, 0.05) is 0 Å². The number of primary amides is 1. The van der Waals surface area contributed by atoms with Gasteiger partial charge in [-0.3, -0.25) is 24.0 Å². The summed E-state index contributed by atoms with van der Waals surface area (Å²) in [6, 6.07) is -5.47. The molecule has 0 aromatic carbocycles. The molecule has 13 nitrogen and oxygen atoms in total. The van der Waals surface area contributed by atoms with Crippen molar-refractivity contribution in [3.63, 3.8) is 0 Å². The topological polar surface area (TPSA) is 231 Å². The number of rotatable bonds is 15. The molecule has 0 spiro atoms. The summed E-state index contributed by atoms with van der Waals surface area (Å²) in [5.74, 6) is -6.92. The number of carboxylic acids is 2. The van der Waals surface area contributed by atoms with E-state index in [1.165, 1.54) is 0 Å². The molecule has 0 radical (unpaired) electrons. The summed E-state index contributed by atoms with van der Waals surface area (Å²) in [4.78, 5) is 71.7. The van der Waals surface area contributed by atoms with Crippen molar-refractivity contribution in [3.05, 3.63) is 0 Å². The minimum Gasteiger partial charge on any atom is -0.481 e. The van der Waals surface area contributed by atoms with Crippen LogP contribution in [0.2, 0.25) is 0 Å². The molecule has 0 aliphatic rings. The van der Waals surface area contributed by atoms with Gasteiger partial charge in [-0.2, -0.15) is 0 Å². The number of nitrogens with one attached hydrogen (secondary N) is 3.